The molecule has 3 aromatic rings. The number of aromatic nitrogens is 3. The molecule has 2 N–H and O–H groups in total. The Morgan fingerprint density at radius 2 is 1.96 bits per heavy atom. The van der Waals surface area contributed by atoms with Crippen molar-refractivity contribution in [3.8, 4) is 0 Å². The van der Waals surface area contributed by atoms with Gasteiger partial charge in [0.25, 0.3) is 5.91 Å². The van der Waals surface area contributed by atoms with Gasteiger partial charge in [0.1, 0.15) is 5.82 Å². The first-order valence-electron chi connectivity index (χ1n) is 7.72. The normalized spacial score (nSPS) is 10.7. The molecule has 0 saturated carbocycles. The van der Waals surface area contributed by atoms with E-state index in [4.69, 9.17) is 5.11 Å². The van der Waals surface area contributed by atoms with Gasteiger partial charge in [-0.15, -0.1) is 5.10 Å². The Hall–Kier alpha value is -3.06. The second-order valence-corrected chi connectivity index (χ2v) is 5.62. The maximum Gasteiger partial charge on any atom is 0.278 e. The third-order valence-corrected chi connectivity index (χ3v) is 3.81. The zero-order chi connectivity index (χ0) is 17.8. The molecule has 0 fully saturated rings. The van der Waals surface area contributed by atoms with Crippen molar-refractivity contribution in [2.75, 3.05) is 5.32 Å². The van der Waals surface area contributed by atoms with Crippen LogP contribution in [0.15, 0.2) is 48.5 Å². The average molecular weight is 340 g/mol. The van der Waals surface area contributed by atoms with Crippen LogP contribution in [-0.4, -0.2) is 26.0 Å². The third kappa shape index (κ3) is 3.89. The Labute approximate surface area is 143 Å². The molecule has 0 aliphatic carbocycles. The Morgan fingerprint density at radius 3 is 2.68 bits per heavy atom. The largest absolute Gasteiger partial charge is 0.392 e. The van der Waals surface area contributed by atoms with Gasteiger partial charge < -0.3 is 10.4 Å². The van der Waals surface area contributed by atoms with E-state index >= 15 is 0 Å². The summed E-state index contributed by atoms with van der Waals surface area (Å²) in [6.07, 6.45) is 0. The first-order valence-corrected chi connectivity index (χ1v) is 7.72. The summed E-state index contributed by atoms with van der Waals surface area (Å²) in [7, 11) is 0. The highest BCUT2D eigenvalue weighted by molar-refractivity contribution is 6.03. The maximum atomic E-state index is 13.0. The zero-order valence-electron chi connectivity index (χ0n) is 13.6. The van der Waals surface area contributed by atoms with Gasteiger partial charge in [0, 0.05) is 5.69 Å². The van der Waals surface area contributed by atoms with E-state index < -0.39 is 0 Å². The van der Waals surface area contributed by atoms with Gasteiger partial charge in [0.15, 0.2) is 5.69 Å². The number of halogens is 1. The molecule has 0 radical (unpaired) electrons. The maximum absolute atomic E-state index is 13.0. The molecule has 7 heteroatoms. The predicted octanol–water partition coefficient (Wildman–Crippen LogP) is 2.52. The van der Waals surface area contributed by atoms with E-state index in [2.05, 4.69) is 15.6 Å². The number of hydrogen-bond acceptors (Lipinski definition) is 4. The van der Waals surface area contributed by atoms with E-state index in [1.54, 1.807) is 48.0 Å². The zero-order valence-corrected chi connectivity index (χ0v) is 13.6. The van der Waals surface area contributed by atoms with Crippen LogP contribution in [0.3, 0.4) is 0 Å². The van der Waals surface area contributed by atoms with Gasteiger partial charge in [-0.3, -0.25) is 4.79 Å². The number of amides is 1. The highest BCUT2D eigenvalue weighted by Crippen LogP contribution is 2.14. The molecule has 0 bridgehead atoms. The van der Waals surface area contributed by atoms with Crippen molar-refractivity contribution in [3.05, 3.63) is 76.9 Å². The van der Waals surface area contributed by atoms with Gasteiger partial charge in [0.05, 0.1) is 18.8 Å². The molecule has 2 aromatic carbocycles. The summed E-state index contributed by atoms with van der Waals surface area (Å²) in [5.74, 6) is -0.679. The van der Waals surface area contributed by atoms with Crippen molar-refractivity contribution in [1.82, 2.24) is 15.0 Å². The minimum atomic E-state index is -0.377. The summed E-state index contributed by atoms with van der Waals surface area (Å²) >= 11 is 0. The van der Waals surface area contributed by atoms with E-state index in [0.717, 1.165) is 5.56 Å². The number of hydrogen-bond donors (Lipinski definition) is 2. The Bertz CT molecular complexity index is 890. The molecule has 0 atom stereocenters. The van der Waals surface area contributed by atoms with Crippen molar-refractivity contribution < 1.29 is 14.3 Å². The molecule has 1 amide bonds. The monoisotopic (exact) mass is 340 g/mol. The fourth-order valence-corrected chi connectivity index (χ4v) is 2.42. The predicted molar refractivity (Wildman–Crippen MR) is 90.6 cm³/mol. The number of aliphatic hydroxyl groups is 1. The lowest BCUT2D eigenvalue weighted by Gasteiger charge is -2.06. The number of aliphatic hydroxyl groups excluding tert-OH is 1. The summed E-state index contributed by atoms with van der Waals surface area (Å²) in [6, 6.07) is 13.0. The van der Waals surface area contributed by atoms with Crippen LogP contribution in [-0.2, 0) is 13.2 Å². The SMILES string of the molecule is Cc1c(C(=O)Nc2cccc(CO)c2)nnn1Cc1ccc(F)cc1. The van der Waals surface area contributed by atoms with E-state index in [0.29, 0.717) is 23.5 Å². The smallest absolute Gasteiger partial charge is 0.278 e. The molecule has 0 aliphatic heterocycles. The van der Waals surface area contributed by atoms with E-state index in [1.165, 1.54) is 12.1 Å². The van der Waals surface area contributed by atoms with Crippen molar-refractivity contribution in [1.29, 1.82) is 0 Å². The lowest BCUT2D eigenvalue weighted by molar-refractivity contribution is 0.102. The second kappa shape index (κ2) is 7.23. The van der Waals surface area contributed by atoms with Gasteiger partial charge in [0.2, 0.25) is 0 Å². The quantitative estimate of drug-likeness (QED) is 0.748. The van der Waals surface area contributed by atoms with Crippen molar-refractivity contribution in [2.24, 2.45) is 0 Å². The molecule has 3 rings (SSSR count). The lowest BCUT2D eigenvalue weighted by Crippen LogP contribution is -2.14. The van der Waals surface area contributed by atoms with Crippen LogP contribution in [0.4, 0.5) is 10.1 Å². The van der Waals surface area contributed by atoms with Gasteiger partial charge >= 0.3 is 0 Å². The number of benzene rings is 2. The minimum Gasteiger partial charge on any atom is -0.392 e. The van der Waals surface area contributed by atoms with E-state index in [1.807, 2.05) is 0 Å². The summed E-state index contributed by atoms with van der Waals surface area (Å²) in [5, 5.41) is 19.8. The van der Waals surface area contributed by atoms with Crippen LogP contribution in [0, 0.1) is 12.7 Å². The van der Waals surface area contributed by atoms with Crippen LogP contribution < -0.4 is 5.32 Å². The molecule has 0 spiro atoms. The van der Waals surface area contributed by atoms with Crippen molar-refractivity contribution in [2.45, 2.75) is 20.1 Å². The summed E-state index contributed by atoms with van der Waals surface area (Å²) in [4.78, 5) is 12.4. The van der Waals surface area contributed by atoms with Gasteiger partial charge in [-0.05, 0) is 42.3 Å². The number of nitrogens with zero attached hydrogens (tertiary/aromatic N) is 3. The Morgan fingerprint density at radius 1 is 1.20 bits per heavy atom. The molecule has 1 heterocycles. The van der Waals surface area contributed by atoms with Crippen molar-refractivity contribution in [3.63, 3.8) is 0 Å². The van der Waals surface area contributed by atoms with Gasteiger partial charge in [-0.1, -0.05) is 29.5 Å². The molecular weight excluding hydrogens is 323 g/mol. The molecular formula is C18H17FN4O2. The topological polar surface area (TPSA) is 80.0 Å². The molecule has 0 saturated heterocycles. The van der Waals surface area contributed by atoms with E-state index in [-0.39, 0.29) is 24.0 Å². The molecule has 0 aliphatic rings. The molecule has 128 valence electrons. The molecule has 25 heavy (non-hydrogen) atoms. The standard InChI is InChI=1S/C18H17FN4O2/c1-12-17(18(25)20-16-4-2-3-14(9-16)11-24)21-22-23(12)10-13-5-7-15(19)8-6-13/h2-9,24H,10-11H2,1H3,(H,20,25). The summed E-state index contributed by atoms with van der Waals surface area (Å²) < 4.78 is 14.6. The van der Waals surface area contributed by atoms with E-state index in [9.17, 15) is 9.18 Å². The average Bonchev–Trinajstić information content (AvgIpc) is 2.98. The van der Waals surface area contributed by atoms with Crippen LogP contribution >= 0.6 is 0 Å². The third-order valence-electron chi connectivity index (χ3n) is 3.81. The van der Waals surface area contributed by atoms with Crippen LogP contribution in [0.2, 0.25) is 0 Å². The summed E-state index contributed by atoms with van der Waals surface area (Å²) in [6.45, 7) is 2.05. The highest BCUT2D eigenvalue weighted by atomic mass is 19.1. The van der Waals surface area contributed by atoms with Crippen LogP contribution in [0.1, 0.15) is 27.3 Å². The first kappa shape index (κ1) is 16.8. The van der Waals surface area contributed by atoms with Gasteiger partial charge in [-0.2, -0.15) is 0 Å². The number of carbonyl (C=O) groups excluding carboxylic acids is 1. The lowest BCUT2D eigenvalue weighted by atomic mass is 10.2. The molecule has 0 unspecified atom stereocenters. The Kier molecular flexibility index (Phi) is 4.85. The second-order valence-electron chi connectivity index (χ2n) is 5.62. The van der Waals surface area contributed by atoms with Gasteiger partial charge in [-0.25, -0.2) is 9.07 Å². The number of carbonyl (C=O) groups is 1. The highest BCUT2D eigenvalue weighted by Gasteiger charge is 2.17. The van der Waals surface area contributed by atoms with Crippen LogP contribution in [0.25, 0.3) is 0 Å². The minimum absolute atomic E-state index is 0.101. The summed E-state index contributed by atoms with van der Waals surface area (Å²) in [5.41, 5.74) is 2.96. The number of anilines is 1. The Balaban J connectivity index is 1.75. The molecule has 1 aromatic heterocycles. The number of rotatable bonds is 5. The molecule has 6 nitrogen and oxygen atoms in total. The van der Waals surface area contributed by atoms with Crippen LogP contribution in [0.5, 0.6) is 0 Å². The first-order chi connectivity index (χ1) is 12.1. The fourth-order valence-electron chi connectivity index (χ4n) is 2.42. The van der Waals surface area contributed by atoms with Crippen molar-refractivity contribution >= 4 is 11.6 Å². The number of nitrogens with one attached hydrogen (secondary N) is 1. The fraction of sp³-hybridized carbons (Fsp3) is 0.167.